The van der Waals surface area contributed by atoms with Crippen LogP contribution in [0.5, 0.6) is 0 Å². The SMILES string of the molecule is C=CC(=O)N1CC[C@H](n2cnc3c(N4CC(N(C)C)C4)nc4c(F)c(-c5cccc(C#N)c5C)c(Cl)cc4c32)C[C@H]1CC#N. The molecule has 2 aromatic carbocycles. The van der Waals surface area contributed by atoms with Crippen LogP contribution in [0, 0.1) is 35.4 Å². The molecule has 0 saturated carbocycles. The van der Waals surface area contributed by atoms with E-state index < -0.39 is 5.82 Å². The Bertz CT molecular complexity index is 1900. The van der Waals surface area contributed by atoms with Crippen LogP contribution in [-0.4, -0.2) is 76.1 Å². The van der Waals surface area contributed by atoms with Crippen molar-refractivity contribution in [3.63, 3.8) is 0 Å². The molecule has 2 aromatic heterocycles. The molecule has 2 aliphatic heterocycles. The van der Waals surface area contributed by atoms with Crippen molar-refractivity contribution in [2.24, 2.45) is 0 Å². The van der Waals surface area contributed by atoms with Crippen molar-refractivity contribution < 1.29 is 9.18 Å². The summed E-state index contributed by atoms with van der Waals surface area (Å²) in [4.78, 5) is 28.2. The number of halogens is 2. The van der Waals surface area contributed by atoms with Gasteiger partial charge in [-0.05, 0) is 63.2 Å². The molecule has 0 N–H and O–H groups in total. The molecule has 0 bridgehead atoms. The van der Waals surface area contributed by atoms with Crippen molar-refractivity contribution in [2.75, 3.05) is 38.6 Å². The lowest BCUT2D eigenvalue weighted by molar-refractivity contribution is -0.130. The quantitative estimate of drug-likeness (QED) is 0.261. The smallest absolute Gasteiger partial charge is 0.246 e. The number of rotatable bonds is 6. The molecule has 0 radical (unpaired) electrons. The minimum Gasteiger partial charge on any atom is -0.351 e. The van der Waals surface area contributed by atoms with Gasteiger partial charge in [0.25, 0.3) is 0 Å². The summed E-state index contributed by atoms with van der Waals surface area (Å²) in [7, 11) is 4.07. The summed E-state index contributed by atoms with van der Waals surface area (Å²) in [5.41, 5.74) is 3.39. The molecule has 0 unspecified atom stereocenters. The molecular weight excluding hydrogens is 579 g/mol. The number of anilines is 1. The first-order valence-corrected chi connectivity index (χ1v) is 15.0. The summed E-state index contributed by atoms with van der Waals surface area (Å²) in [5.74, 6) is -0.145. The van der Waals surface area contributed by atoms with E-state index in [9.17, 15) is 15.3 Å². The summed E-state index contributed by atoms with van der Waals surface area (Å²) in [6.07, 6.45) is 4.41. The lowest BCUT2D eigenvalue weighted by Crippen LogP contribution is -2.57. The van der Waals surface area contributed by atoms with E-state index in [-0.39, 0.29) is 40.5 Å². The van der Waals surface area contributed by atoms with Gasteiger partial charge in [-0.3, -0.25) is 4.79 Å². The third-order valence-corrected chi connectivity index (χ3v) is 9.45. The van der Waals surface area contributed by atoms with E-state index in [4.69, 9.17) is 21.6 Å². The highest BCUT2D eigenvalue weighted by Crippen LogP contribution is 2.43. The van der Waals surface area contributed by atoms with Crippen molar-refractivity contribution in [1.29, 1.82) is 10.5 Å². The Hall–Kier alpha value is -4.51. The highest BCUT2D eigenvalue weighted by molar-refractivity contribution is 6.35. The minimum atomic E-state index is -0.556. The second-order valence-electron chi connectivity index (χ2n) is 11.8. The molecule has 1 amide bonds. The number of hydrogen-bond donors (Lipinski definition) is 0. The van der Waals surface area contributed by atoms with Crippen LogP contribution in [0.25, 0.3) is 33.1 Å². The molecule has 4 aromatic rings. The number of carbonyl (C=O) groups is 1. The number of fused-ring (bicyclic) bond motifs is 3. The van der Waals surface area contributed by atoms with Gasteiger partial charge in [-0.1, -0.05) is 30.3 Å². The Morgan fingerprint density at radius 1 is 1.27 bits per heavy atom. The monoisotopic (exact) mass is 610 g/mol. The second-order valence-corrected chi connectivity index (χ2v) is 12.2. The maximum absolute atomic E-state index is 16.8. The van der Waals surface area contributed by atoms with Gasteiger partial charge in [0.1, 0.15) is 11.0 Å². The standard InChI is InChI=1S/C33H32ClFN8O/c1-5-27(44)42-12-10-22(13-21(42)9-11-36)43-18-38-31-32(43)25-14-26(34)28(24-8-6-7-20(15-37)19(24)2)29(35)30(25)39-33(31)41-16-23(17-41)40(3)4/h5-8,14,18,21-23H,1,9-10,12-13,16-17H2,2-4H3/t21-,22+/m1/s1. The van der Waals surface area contributed by atoms with Crippen molar-refractivity contribution in [1.82, 2.24) is 24.3 Å². The number of pyridine rings is 1. The number of likely N-dealkylation sites (tertiary alicyclic amines) is 1. The molecule has 44 heavy (non-hydrogen) atoms. The number of aromatic nitrogens is 3. The Labute approximate surface area is 260 Å². The van der Waals surface area contributed by atoms with Crippen molar-refractivity contribution in [3.05, 3.63) is 65.2 Å². The van der Waals surface area contributed by atoms with E-state index in [1.54, 1.807) is 42.4 Å². The van der Waals surface area contributed by atoms with Crippen LogP contribution in [-0.2, 0) is 4.79 Å². The van der Waals surface area contributed by atoms with E-state index in [0.29, 0.717) is 58.8 Å². The fraction of sp³-hybridized carbons (Fsp3) is 0.364. The number of likely N-dealkylation sites (N-methyl/N-ethyl adjacent to an activating group) is 1. The molecule has 4 heterocycles. The maximum atomic E-state index is 16.8. The minimum absolute atomic E-state index is 0.0901. The Kier molecular flexibility index (Phi) is 7.75. The fourth-order valence-electron chi connectivity index (χ4n) is 6.56. The third kappa shape index (κ3) is 4.75. The van der Waals surface area contributed by atoms with Gasteiger partial charge < -0.3 is 19.3 Å². The molecule has 2 atom stereocenters. The van der Waals surface area contributed by atoms with Gasteiger partial charge in [0.05, 0.1) is 41.0 Å². The zero-order chi connectivity index (χ0) is 31.3. The molecule has 0 spiro atoms. The van der Waals surface area contributed by atoms with Crippen LogP contribution in [0.1, 0.15) is 36.4 Å². The fourth-order valence-corrected chi connectivity index (χ4v) is 6.86. The van der Waals surface area contributed by atoms with Crippen molar-refractivity contribution in [3.8, 4) is 23.3 Å². The van der Waals surface area contributed by atoms with E-state index >= 15 is 4.39 Å². The van der Waals surface area contributed by atoms with Crippen LogP contribution in [0.2, 0.25) is 5.02 Å². The lowest BCUT2D eigenvalue weighted by Gasteiger charge is -2.43. The van der Waals surface area contributed by atoms with Crippen LogP contribution < -0.4 is 4.90 Å². The first-order chi connectivity index (χ1) is 21.2. The molecular formula is C33H32ClFN8O. The number of piperidine rings is 1. The molecule has 224 valence electrons. The number of carbonyl (C=O) groups excluding carboxylic acids is 1. The average Bonchev–Trinajstić information content (AvgIpc) is 3.43. The van der Waals surface area contributed by atoms with E-state index in [1.165, 1.54) is 6.08 Å². The highest BCUT2D eigenvalue weighted by atomic mass is 35.5. The van der Waals surface area contributed by atoms with E-state index in [2.05, 4.69) is 28.5 Å². The van der Waals surface area contributed by atoms with Crippen LogP contribution in [0.15, 0.2) is 43.2 Å². The van der Waals surface area contributed by atoms with E-state index in [1.807, 2.05) is 18.7 Å². The average molecular weight is 611 g/mol. The van der Waals surface area contributed by atoms with Gasteiger partial charge in [0.2, 0.25) is 5.91 Å². The topological polar surface area (TPSA) is 105 Å². The molecule has 2 fully saturated rings. The Morgan fingerprint density at radius 2 is 2.05 bits per heavy atom. The third-order valence-electron chi connectivity index (χ3n) is 9.15. The molecule has 11 heteroatoms. The van der Waals surface area contributed by atoms with Crippen molar-refractivity contribution >= 4 is 45.3 Å². The van der Waals surface area contributed by atoms with Gasteiger partial charge in [-0.15, -0.1) is 0 Å². The van der Waals surface area contributed by atoms with Gasteiger partial charge >= 0.3 is 0 Å². The van der Waals surface area contributed by atoms with Gasteiger partial charge in [0, 0.05) is 48.7 Å². The van der Waals surface area contributed by atoms with Crippen LogP contribution in [0.3, 0.4) is 0 Å². The number of nitrogens with zero attached hydrogens (tertiary/aromatic N) is 8. The number of benzene rings is 2. The zero-order valence-corrected chi connectivity index (χ0v) is 25.6. The summed E-state index contributed by atoms with van der Waals surface area (Å²) in [5, 5.41) is 19.9. The van der Waals surface area contributed by atoms with Gasteiger partial charge in [0.15, 0.2) is 11.6 Å². The van der Waals surface area contributed by atoms with Gasteiger partial charge in [-0.2, -0.15) is 10.5 Å². The zero-order valence-electron chi connectivity index (χ0n) is 24.9. The second kappa shape index (κ2) is 11.5. The predicted molar refractivity (Wildman–Crippen MR) is 169 cm³/mol. The number of hydrogen-bond acceptors (Lipinski definition) is 7. The number of nitriles is 2. The first kappa shape index (κ1) is 29.6. The summed E-state index contributed by atoms with van der Waals surface area (Å²) < 4.78 is 18.8. The largest absolute Gasteiger partial charge is 0.351 e. The molecule has 6 rings (SSSR count). The molecule has 9 nitrogen and oxygen atoms in total. The molecule has 2 aliphatic rings. The Balaban J connectivity index is 1.55. The van der Waals surface area contributed by atoms with Crippen LogP contribution >= 0.6 is 11.6 Å². The summed E-state index contributed by atoms with van der Waals surface area (Å²) in [6.45, 7) is 7.32. The Morgan fingerprint density at radius 3 is 2.73 bits per heavy atom. The molecule has 0 aliphatic carbocycles. The summed E-state index contributed by atoms with van der Waals surface area (Å²) in [6, 6.07) is 11.3. The van der Waals surface area contributed by atoms with Crippen LogP contribution in [0.4, 0.5) is 10.2 Å². The lowest BCUT2D eigenvalue weighted by atomic mass is 9.93. The normalized spacial score (nSPS) is 18.8. The van der Waals surface area contributed by atoms with Crippen molar-refractivity contribution in [2.45, 2.75) is 44.3 Å². The number of amides is 1. The molecule has 2 saturated heterocycles. The first-order valence-electron chi connectivity index (χ1n) is 14.6. The summed E-state index contributed by atoms with van der Waals surface area (Å²) >= 11 is 6.86. The maximum Gasteiger partial charge on any atom is 0.246 e. The van der Waals surface area contributed by atoms with Gasteiger partial charge in [-0.25, -0.2) is 14.4 Å². The highest BCUT2D eigenvalue weighted by Gasteiger charge is 2.35. The predicted octanol–water partition coefficient (Wildman–Crippen LogP) is 5.61. The van der Waals surface area contributed by atoms with E-state index in [0.717, 1.165) is 18.6 Å². The number of imidazole rings is 1.